The molecule has 0 aromatic carbocycles. The predicted octanol–water partition coefficient (Wildman–Crippen LogP) is 3.61. The summed E-state index contributed by atoms with van der Waals surface area (Å²) in [6.45, 7) is 7.78. The van der Waals surface area contributed by atoms with E-state index < -0.39 is 25.6 Å². The highest BCUT2D eigenvalue weighted by molar-refractivity contribution is 4.89. The van der Waals surface area contributed by atoms with E-state index in [-0.39, 0.29) is 10.8 Å². The molecule has 1 rings (SSSR count). The lowest BCUT2D eigenvalue weighted by atomic mass is 9.60. The maximum atomic E-state index is 7.97. The van der Waals surface area contributed by atoms with Crippen LogP contribution >= 0.6 is 0 Å². The molecule has 0 amide bonds. The Kier molecular flexibility index (Phi) is 0.930. The second kappa shape index (κ2) is 2.25. The van der Waals surface area contributed by atoms with Gasteiger partial charge in [0.15, 0.2) is 0 Å². The Labute approximate surface area is 70.6 Å². The van der Waals surface area contributed by atoms with Gasteiger partial charge >= 0.3 is 0 Å². The molecule has 10 heavy (non-hydrogen) atoms. The van der Waals surface area contributed by atoms with Crippen molar-refractivity contribution in [2.45, 2.75) is 53.3 Å². The summed E-state index contributed by atoms with van der Waals surface area (Å²) in [5.74, 6) is 0. The van der Waals surface area contributed by atoms with Crippen LogP contribution in [0.5, 0.6) is 0 Å². The van der Waals surface area contributed by atoms with Gasteiger partial charge < -0.3 is 0 Å². The topological polar surface area (TPSA) is 0 Å². The molecule has 4 atom stereocenters. The van der Waals surface area contributed by atoms with Crippen molar-refractivity contribution in [3.05, 3.63) is 0 Å². The lowest BCUT2D eigenvalue weighted by Crippen LogP contribution is -2.35. The molecule has 60 valence electrons. The Morgan fingerprint density at radius 3 is 1.50 bits per heavy atom. The van der Waals surface area contributed by atoms with Crippen molar-refractivity contribution in [1.29, 1.82) is 0 Å². The number of rotatable bonds is 0. The van der Waals surface area contributed by atoms with Crippen molar-refractivity contribution < 1.29 is 5.48 Å². The van der Waals surface area contributed by atoms with Crippen molar-refractivity contribution in [2.24, 2.45) is 10.8 Å². The molecule has 0 heteroatoms. The highest BCUT2D eigenvalue weighted by atomic mass is 14.4. The predicted molar refractivity (Wildman–Crippen MR) is 46.0 cm³/mol. The summed E-state index contributed by atoms with van der Waals surface area (Å²) in [4.78, 5) is 0. The lowest BCUT2D eigenvalue weighted by molar-refractivity contribution is 0.0520. The van der Waals surface area contributed by atoms with E-state index in [0.29, 0.717) is 0 Å². The fraction of sp³-hybridized carbons (Fsp3) is 1.00. The Morgan fingerprint density at radius 2 is 1.20 bits per heavy atom. The van der Waals surface area contributed by atoms with Gasteiger partial charge in [-0.3, -0.25) is 0 Å². The molecule has 0 aliphatic heterocycles. The summed E-state index contributed by atoms with van der Waals surface area (Å²) < 4.78 is 31.4. The van der Waals surface area contributed by atoms with E-state index in [4.69, 9.17) is 5.48 Å². The lowest BCUT2D eigenvalue weighted by Gasteiger charge is -2.45. The fourth-order valence-corrected chi connectivity index (χ4v) is 1.02. The Bertz CT molecular complexity index is 200. The van der Waals surface area contributed by atoms with Gasteiger partial charge in [-0.05, 0) is 23.6 Å². The largest absolute Gasteiger partial charge is 0.0594 e. The van der Waals surface area contributed by atoms with Gasteiger partial charge in [-0.2, -0.15) is 0 Å². The molecule has 0 saturated heterocycles. The Balaban J connectivity index is 3.10. The molecule has 0 aromatic rings. The minimum Gasteiger partial charge on any atom is -0.0594 e. The molecule has 0 heterocycles. The summed E-state index contributed by atoms with van der Waals surface area (Å²) >= 11 is 0. The smallest absolute Gasteiger partial charge is 0.0272 e. The van der Waals surface area contributed by atoms with E-state index in [1.165, 1.54) is 0 Å². The molecular formula is C10H20. The van der Waals surface area contributed by atoms with E-state index in [1.807, 2.05) is 27.7 Å². The van der Waals surface area contributed by atoms with Crippen molar-refractivity contribution in [2.75, 3.05) is 0 Å². The fourth-order valence-electron chi connectivity index (χ4n) is 1.02. The van der Waals surface area contributed by atoms with Crippen molar-refractivity contribution in [1.82, 2.24) is 0 Å². The minimum absolute atomic E-state index is 0.372. The zero-order chi connectivity index (χ0) is 11.3. The number of hydrogen-bond donors (Lipinski definition) is 0. The van der Waals surface area contributed by atoms with Gasteiger partial charge in [-0.25, -0.2) is 0 Å². The summed E-state index contributed by atoms with van der Waals surface area (Å²) in [6.07, 6.45) is -2.63. The molecule has 0 nitrogen and oxygen atoms in total. The van der Waals surface area contributed by atoms with Gasteiger partial charge in [0.2, 0.25) is 0 Å². The second-order valence-electron chi connectivity index (χ2n) is 4.16. The summed E-state index contributed by atoms with van der Waals surface area (Å²) in [7, 11) is 0. The first-order chi connectivity index (χ1) is 6.14. The van der Waals surface area contributed by atoms with Gasteiger partial charge in [0.1, 0.15) is 0 Å². The van der Waals surface area contributed by atoms with Crippen LogP contribution in [0.15, 0.2) is 0 Å². The van der Waals surface area contributed by atoms with Crippen LogP contribution in [-0.4, -0.2) is 0 Å². The highest BCUT2D eigenvalue weighted by Crippen LogP contribution is 2.49. The standard InChI is InChI=1S/C10H20/c1-9(2)7-5-6-8-10(9,3)4/h5-8H2,1-4H3/i5D,6D,7D,8D. The van der Waals surface area contributed by atoms with Crippen LogP contribution in [0, 0.1) is 10.8 Å². The quantitative estimate of drug-likeness (QED) is 0.487. The Morgan fingerprint density at radius 1 is 0.900 bits per heavy atom. The first-order valence-corrected chi connectivity index (χ1v) is 3.83. The van der Waals surface area contributed by atoms with Crippen molar-refractivity contribution in [3.8, 4) is 0 Å². The molecule has 1 aliphatic carbocycles. The Hall–Kier alpha value is 0. The maximum Gasteiger partial charge on any atom is 0.0272 e. The molecular weight excluding hydrogens is 120 g/mol. The summed E-state index contributed by atoms with van der Waals surface area (Å²) in [6, 6.07) is 0. The molecule has 0 spiro atoms. The van der Waals surface area contributed by atoms with Crippen LogP contribution in [0.1, 0.15) is 58.8 Å². The van der Waals surface area contributed by atoms with Crippen LogP contribution in [-0.2, 0) is 0 Å². The van der Waals surface area contributed by atoms with E-state index in [9.17, 15) is 0 Å². The van der Waals surface area contributed by atoms with Crippen LogP contribution in [0.3, 0.4) is 0 Å². The van der Waals surface area contributed by atoms with Gasteiger partial charge in [-0.15, -0.1) is 0 Å². The van der Waals surface area contributed by atoms with Crippen LogP contribution in [0.2, 0.25) is 0 Å². The van der Waals surface area contributed by atoms with Gasteiger partial charge in [-0.1, -0.05) is 40.5 Å². The minimum atomic E-state index is -0.750. The normalized spacial score (nSPS) is 65.2. The summed E-state index contributed by atoms with van der Waals surface area (Å²) in [5.41, 5.74) is -0.743. The molecule has 0 radical (unpaired) electrons. The third kappa shape index (κ3) is 1.21. The third-order valence-electron chi connectivity index (χ3n) is 2.80. The van der Waals surface area contributed by atoms with E-state index in [2.05, 4.69) is 0 Å². The zero-order valence-corrected chi connectivity index (χ0v) is 7.31. The van der Waals surface area contributed by atoms with Gasteiger partial charge in [0.25, 0.3) is 0 Å². The van der Waals surface area contributed by atoms with Crippen LogP contribution in [0.4, 0.5) is 0 Å². The average molecular weight is 144 g/mol. The van der Waals surface area contributed by atoms with E-state index >= 15 is 0 Å². The van der Waals surface area contributed by atoms with E-state index in [0.717, 1.165) is 0 Å². The van der Waals surface area contributed by atoms with Gasteiger partial charge in [0, 0.05) is 5.48 Å². The van der Waals surface area contributed by atoms with Crippen LogP contribution < -0.4 is 0 Å². The van der Waals surface area contributed by atoms with Crippen molar-refractivity contribution in [3.63, 3.8) is 0 Å². The molecule has 0 N–H and O–H groups in total. The average Bonchev–Trinajstić information content (AvgIpc) is 2.10. The SMILES string of the molecule is [2H]C1C([2H])C([2H])C(C)(C)C(C)(C)C1[2H]. The second-order valence-corrected chi connectivity index (χ2v) is 4.16. The molecule has 1 fully saturated rings. The molecule has 1 saturated carbocycles. The third-order valence-corrected chi connectivity index (χ3v) is 2.80. The maximum absolute atomic E-state index is 7.97. The number of hydrogen-bond acceptors (Lipinski definition) is 0. The molecule has 4 unspecified atom stereocenters. The summed E-state index contributed by atoms with van der Waals surface area (Å²) in [5, 5.41) is 0. The molecule has 0 aromatic heterocycles. The first-order valence-electron chi connectivity index (χ1n) is 6.14. The van der Waals surface area contributed by atoms with Gasteiger partial charge in [0.05, 0.1) is 0 Å². The highest BCUT2D eigenvalue weighted by Gasteiger charge is 2.38. The van der Waals surface area contributed by atoms with E-state index in [1.54, 1.807) is 0 Å². The molecule has 1 aliphatic rings. The molecule has 0 bridgehead atoms. The monoisotopic (exact) mass is 144 g/mol. The first kappa shape index (κ1) is 4.13. The van der Waals surface area contributed by atoms with Crippen LogP contribution in [0.25, 0.3) is 0 Å². The zero-order valence-electron chi connectivity index (χ0n) is 11.3. The van der Waals surface area contributed by atoms with Crippen molar-refractivity contribution >= 4 is 0 Å².